The van der Waals surface area contributed by atoms with Crippen LogP contribution < -0.4 is 0 Å². The molecule has 1 aromatic carbocycles. The smallest absolute Gasteiger partial charge is 0.302 e. The maximum atomic E-state index is 10.8. The van der Waals surface area contributed by atoms with Gasteiger partial charge in [0.25, 0.3) is 0 Å². The van der Waals surface area contributed by atoms with Crippen molar-refractivity contribution in [2.75, 3.05) is 6.61 Å². The highest BCUT2D eigenvalue weighted by atomic mass is 79.9. The molecule has 0 N–H and O–H groups in total. The van der Waals surface area contributed by atoms with Crippen LogP contribution in [0.1, 0.15) is 19.7 Å². The Kier molecular flexibility index (Phi) is 4.24. The Hall–Kier alpha value is -1.36. The van der Waals surface area contributed by atoms with Gasteiger partial charge in [-0.2, -0.15) is 0 Å². The molecule has 0 aliphatic heterocycles. The number of hydrogen-bond donors (Lipinski definition) is 0. The van der Waals surface area contributed by atoms with E-state index in [2.05, 4.69) is 38.5 Å². The normalized spacial score (nSPS) is 12.6. The zero-order chi connectivity index (χ0) is 14.0. The van der Waals surface area contributed by atoms with Gasteiger partial charge in [0.05, 0.1) is 17.6 Å². The van der Waals surface area contributed by atoms with Crippen molar-refractivity contribution in [2.24, 2.45) is 5.92 Å². The SMILES string of the molecule is CC(=O)OCC(C)Cn1c(C)nc2ccc(Br)cc21. The van der Waals surface area contributed by atoms with E-state index in [1.807, 2.05) is 19.1 Å². The fraction of sp³-hybridized carbons (Fsp3) is 0.429. The molecule has 1 unspecified atom stereocenters. The molecule has 5 heteroatoms. The van der Waals surface area contributed by atoms with E-state index < -0.39 is 0 Å². The number of nitrogens with zero attached hydrogens (tertiary/aromatic N) is 2. The van der Waals surface area contributed by atoms with Crippen molar-refractivity contribution in [3.05, 3.63) is 28.5 Å². The van der Waals surface area contributed by atoms with E-state index in [0.717, 1.165) is 27.9 Å². The van der Waals surface area contributed by atoms with Crippen LogP contribution in [0.3, 0.4) is 0 Å². The lowest BCUT2D eigenvalue weighted by Gasteiger charge is -2.14. The van der Waals surface area contributed by atoms with E-state index in [-0.39, 0.29) is 11.9 Å². The van der Waals surface area contributed by atoms with Crippen molar-refractivity contribution in [1.29, 1.82) is 0 Å². The van der Waals surface area contributed by atoms with Crippen molar-refractivity contribution < 1.29 is 9.53 Å². The molecule has 0 bridgehead atoms. The third kappa shape index (κ3) is 3.35. The van der Waals surface area contributed by atoms with E-state index in [4.69, 9.17) is 4.74 Å². The minimum absolute atomic E-state index is 0.234. The van der Waals surface area contributed by atoms with Crippen molar-refractivity contribution in [1.82, 2.24) is 9.55 Å². The average molecular weight is 325 g/mol. The fourth-order valence-corrected chi connectivity index (χ4v) is 2.42. The van der Waals surface area contributed by atoms with Gasteiger partial charge >= 0.3 is 5.97 Å². The van der Waals surface area contributed by atoms with Gasteiger partial charge < -0.3 is 9.30 Å². The molecule has 4 nitrogen and oxygen atoms in total. The Morgan fingerprint density at radius 2 is 2.26 bits per heavy atom. The van der Waals surface area contributed by atoms with Crippen LogP contribution >= 0.6 is 15.9 Å². The summed E-state index contributed by atoms with van der Waals surface area (Å²) in [5.41, 5.74) is 2.09. The van der Waals surface area contributed by atoms with E-state index in [9.17, 15) is 4.79 Å². The minimum atomic E-state index is -0.234. The second-order valence-electron chi connectivity index (χ2n) is 4.81. The maximum absolute atomic E-state index is 10.8. The Morgan fingerprint density at radius 1 is 1.53 bits per heavy atom. The summed E-state index contributed by atoms with van der Waals surface area (Å²) in [7, 11) is 0. The average Bonchev–Trinajstić information content (AvgIpc) is 2.63. The molecular formula is C14H17BrN2O2. The highest BCUT2D eigenvalue weighted by Gasteiger charge is 2.12. The van der Waals surface area contributed by atoms with Crippen molar-refractivity contribution in [3.8, 4) is 0 Å². The molecular weight excluding hydrogens is 308 g/mol. The molecule has 0 spiro atoms. The summed E-state index contributed by atoms with van der Waals surface area (Å²) < 4.78 is 8.24. The monoisotopic (exact) mass is 324 g/mol. The van der Waals surface area contributed by atoms with Crippen molar-refractivity contribution >= 4 is 32.9 Å². The molecule has 0 saturated carbocycles. The number of aromatic nitrogens is 2. The van der Waals surface area contributed by atoms with E-state index in [0.29, 0.717) is 6.61 Å². The highest BCUT2D eigenvalue weighted by Crippen LogP contribution is 2.22. The van der Waals surface area contributed by atoms with Gasteiger partial charge in [0.2, 0.25) is 0 Å². The van der Waals surface area contributed by atoms with Crippen molar-refractivity contribution in [3.63, 3.8) is 0 Å². The molecule has 102 valence electrons. The van der Waals surface area contributed by atoms with Gasteiger partial charge in [0.15, 0.2) is 0 Å². The largest absolute Gasteiger partial charge is 0.466 e. The predicted molar refractivity (Wildman–Crippen MR) is 78.0 cm³/mol. The van der Waals surface area contributed by atoms with Gasteiger partial charge in [-0.05, 0) is 25.1 Å². The highest BCUT2D eigenvalue weighted by molar-refractivity contribution is 9.10. The number of fused-ring (bicyclic) bond motifs is 1. The van der Waals surface area contributed by atoms with Crippen molar-refractivity contribution in [2.45, 2.75) is 27.3 Å². The van der Waals surface area contributed by atoms with Gasteiger partial charge in [-0.25, -0.2) is 4.98 Å². The van der Waals surface area contributed by atoms with Crippen LogP contribution in [0.15, 0.2) is 22.7 Å². The third-order valence-electron chi connectivity index (χ3n) is 2.97. The second-order valence-corrected chi connectivity index (χ2v) is 5.73. The topological polar surface area (TPSA) is 44.1 Å². The summed E-state index contributed by atoms with van der Waals surface area (Å²) in [6.45, 7) is 6.70. The third-order valence-corrected chi connectivity index (χ3v) is 3.46. The quantitative estimate of drug-likeness (QED) is 0.810. The number of carbonyl (C=O) groups excluding carboxylic acids is 1. The fourth-order valence-electron chi connectivity index (χ4n) is 2.07. The molecule has 0 amide bonds. The molecule has 0 fully saturated rings. The van der Waals surface area contributed by atoms with Crippen LogP contribution in [0.2, 0.25) is 0 Å². The zero-order valence-electron chi connectivity index (χ0n) is 11.3. The number of ether oxygens (including phenoxy) is 1. The number of aryl methyl sites for hydroxylation is 1. The first-order chi connectivity index (χ1) is 8.97. The van der Waals surface area contributed by atoms with Gasteiger partial charge in [-0.15, -0.1) is 0 Å². The van der Waals surface area contributed by atoms with E-state index in [1.165, 1.54) is 6.92 Å². The minimum Gasteiger partial charge on any atom is -0.466 e. The summed E-state index contributed by atoms with van der Waals surface area (Å²) in [5, 5.41) is 0. The molecule has 1 aromatic heterocycles. The van der Waals surface area contributed by atoms with Crippen LogP contribution in [0, 0.1) is 12.8 Å². The number of esters is 1. The number of benzene rings is 1. The number of rotatable bonds is 4. The first kappa shape index (κ1) is 14.1. The number of carbonyl (C=O) groups is 1. The first-order valence-electron chi connectivity index (χ1n) is 6.23. The Bertz CT molecular complexity index is 607. The molecule has 2 rings (SSSR count). The van der Waals surface area contributed by atoms with Gasteiger partial charge in [0.1, 0.15) is 5.82 Å². The lowest BCUT2D eigenvalue weighted by molar-refractivity contribution is -0.142. The van der Waals surface area contributed by atoms with E-state index in [1.54, 1.807) is 0 Å². The number of imidazole rings is 1. The van der Waals surface area contributed by atoms with Gasteiger partial charge in [0, 0.05) is 23.9 Å². The summed E-state index contributed by atoms with van der Waals surface area (Å²) in [6, 6.07) is 6.05. The summed E-state index contributed by atoms with van der Waals surface area (Å²) in [5.74, 6) is 0.989. The van der Waals surface area contributed by atoms with Crippen LogP contribution in [-0.2, 0) is 16.1 Å². The lowest BCUT2D eigenvalue weighted by atomic mass is 10.2. The van der Waals surface area contributed by atoms with Gasteiger partial charge in [-0.1, -0.05) is 22.9 Å². The summed E-state index contributed by atoms with van der Waals surface area (Å²) in [4.78, 5) is 15.4. The molecule has 0 aliphatic rings. The van der Waals surface area contributed by atoms with Crippen LogP contribution in [0.4, 0.5) is 0 Å². The lowest BCUT2D eigenvalue weighted by Crippen LogP contribution is -2.16. The molecule has 0 saturated heterocycles. The Balaban J connectivity index is 2.22. The molecule has 2 aromatic rings. The number of hydrogen-bond acceptors (Lipinski definition) is 3. The molecule has 19 heavy (non-hydrogen) atoms. The van der Waals surface area contributed by atoms with Crippen LogP contribution in [-0.4, -0.2) is 22.1 Å². The zero-order valence-corrected chi connectivity index (χ0v) is 12.9. The second kappa shape index (κ2) is 5.74. The van der Waals surface area contributed by atoms with E-state index >= 15 is 0 Å². The maximum Gasteiger partial charge on any atom is 0.302 e. The predicted octanol–water partition coefficient (Wildman–Crippen LogP) is 3.31. The molecule has 1 atom stereocenters. The molecule has 0 radical (unpaired) electrons. The van der Waals surface area contributed by atoms with Crippen LogP contribution in [0.5, 0.6) is 0 Å². The molecule has 0 aliphatic carbocycles. The van der Waals surface area contributed by atoms with Crippen LogP contribution in [0.25, 0.3) is 11.0 Å². The standard InChI is InChI=1S/C14H17BrN2O2/c1-9(8-19-11(3)18)7-17-10(2)16-13-5-4-12(15)6-14(13)17/h4-6,9H,7-8H2,1-3H3. The first-order valence-corrected chi connectivity index (χ1v) is 7.02. The summed E-state index contributed by atoms with van der Waals surface area (Å²) in [6.07, 6.45) is 0. The molecule has 1 heterocycles. The van der Waals surface area contributed by atoms with Gasteiger partial charge in [-0.3, -0.25) is 4.79 Å². The summed E-state index contributed by atoms with van der Waals surface area (Å²) >= 11 is 3.48. The number of halogens is 1. The Labute approximate surface area is 120 Å². The Morgan fingerprint density at radius 3 is 2.95 bits per heavy atom.